The first kappa shape index (κ1) is 20.4. The fourth-order valence-corrected chi connectivity index (χ4v) is 5.30. The number of hydrogen-bond acceptors (Lipinski definition) is 4. The molecule has 1 N–H and O–H groups in total. The average Bonchev–Trinajstić information content (AvgIpc) is 3.38. The van der Waals surface area contributed by atoms with Gasteiger partial charge in [-0.2, -0.15) is 5.10 Å². The highest BCUT2D eigenvalue weighted by molar-refractivity contribution is 5.95. The van der Waals surface area contributed by atoms with Gasteiger partial charge in [-0.25, -0.2) is 0 Å². The fourth-order valence-electron chi connectivity index (χ4n) is 5.30. The predicted octanol–water partition coefficient (Wildman–Crippen LogP) is 2.95. The molecule has 2 saturated heterocycles. The van der Waals surface area contributed by atoms with Gasteiger partial charge < -0.3 is 14.5 Å². The third kappa shape index (κ3) is 4.65. The molecule has 3 heterocycles. The van der Waals surface area contributed by atoms with Crippen molar-refractivity contribution in [2.24, 2.45) is 5.92 Å². The second-order valence-electron chi connectivity index (χ2n) is 9.17. The highest BCUT2D eigenvalue weighted by Gasteiger charge is 2.32. The quantitative estimate of drug-likeness (QED) is 0.840. The minimum atomic E-state index is 0.0375. The molecule has 0 aromatic carbocycles. The fraction of sp³-hybridized carbons (Fsp3) is 0.773. The molecule has 4 rings (SSSR count). The van der Waals surface area contributed by atoms with Gasteiger partial charge in [0.25, 0.3) is 5.91 Å². The Labute approximate surface area is 173 Å². The number of nitrogens with one attached hydrogen (secondary N) is 1. The number of ether oxygens (including phenoxy) is 1. The molecule has 1 saturated carbocycles. The van der Waals surface area contributed by atoms with E-state index in [0.717, 1.165) is 31.6 Å². The number of rotatable bonds is 4. The summed E-state index contributed by atoms with van der Waals surface area (Å²) in [5.74, 6) is 1.20. The van der Waals surface area contributed by atoms with Gasteiger partial charge in [-0.05, 0) is 45.4 Å². The lowest BCUT2D eigenvalue weighted by Gasteiger charge is -2.36. The second-order valence-corrected chi connectivity index (χ2v) is 9.17. The first-order valence-corrected chi connectivity index (χ1v) is 11.3. The number of aromatic nitrogens is 2. The molecule has 2 aliphatic heterocycles. The molecular formula is C22H34N4O3. The summed E-state index contributed by atoms with van der Waals surface area (Å²) in [6.07, 6.45) is 9.21. The number of nitrogens with zero attached hydrogens (tertiary/aromatic N) is 3. The molecule has 0 radical (unpaired) electrons. The van der Waals surface area contributed by atoms with Crippen LogP contribution in [0.3, 0.4) is 0 Å². The SMILES string of the molecule is C[C@@H]1CN(C(=O)c2cn[nH]c2C2CCN(C(=O)CC3CCCC3)CC2)C[C@@H](C)O1. The lowest BCUT2D eigenvalue weighted by molar-refractivity contribution is -0.133. The highest BCUT2D eigenvalue weighted by Crippen LogP contribution is 2.32. The molecule has 0 unspecified atom stereocenters. The third-order valence-corrected chi connectivity index (χ3v) is 6.80. The molecule has 2 atom stereocenters. The first-order chi connectivity index (χ1) is 14.0. The van der Waals surface area contributed by atoms with Crippen molar-refractivity contribution >= 4 is 11.8 Å². The van der Waals surface area contributed by atoms with Crippen LogP contribution in [0.5, 0.6) is 0 Å². The lowest BCUT2D eigenvalue weighted by Crippen LogP contribution is -2.48. The molecule has 1 aromatic rings. The standard InChI is InChI=1S/C22H34N4O3/c1-15-13-26(14-16(2)29-15)22(28)19-12-23-24-21(19)18-7-9-25(10-8-18)20(27)11-17-5-3-4-6-17/h12,15-18H,3-11,13-14H2,1-2H3,(H,23,24)/t15-,16-/m1/s1. The second kappa shape index (κ2) is 8.86. The summed E-state index contributed by atoms with van der Waals surface area (Å²) in [4.78, 5) is 29.7. The van der Waals surface area contributed by atoms with E-state index in [1.165, 1.54) is 25.7 Å². The minimum Gasteiger partial charge on any atom is -0.372 e. The molecule has 0 bridgehead atoms. The summed E-state index contributed by atoms with van der Waals surface area (Å²) < 4.78 is 5.76. The number of H-pyrrole nitrogens is 1. The third-order valence-electron chi connectivity index (χ3n) is 6.80. The van der Waals surface area contributed by atoms with Crippen LogP contribution in [0.2, 0.25) is 0 Å². The number of aromatic amines is 1. The van der Waals surface area contributed by atoms with E-state index in [1.54, 1.807) is 6.20 Å². The van der Waals surface area contributed by atoms with Crippen LogP contribution in [0.4, 0.5) is 0 Å². The van der Waals surface area contributed by atoms with Gasteiger partial charge in [-0.1, -0.05) is 12.8 Å². The Morgan fingerprint density at radius 3 is 2.38 bits per heavy atom. The number of piperidine rings is 1. The number of hydrogen-bond donors (Lipinski definition) is 1. The van der Waals surface area contributed by atoms with Crippen molar-refractivity contribution in [3.05, 3.63) is 17.5 Å². The van der Waals surface area contributed by atoms with Crippen molar-refractivity contribution in [2.75, 3.05) is 26.2 Å². The Kier molecular flexibility index (Phi) is 6.23. The van der Waals surface area contributed by atoms with E-state index >= 15 is 0 Å². The normalized spacial score (nSPS) is 26.8. The molecule has 3 aliphatic rings. The first-order valence-electron chi connectivity index (χ1n) is 11.3. The Morgan fingerprint density at radius 1 is 1.07 bits per heavy atom. The maximum atomic E-state index is 13.1. The van der Waals surface area contributed by atoms with E-state index < -0.39 is 0 Å². The van der Waals surface area contributed by atoms with Crippen LogP contribution in [0.25, 0.3) is 0 Å². The summed E-state index contributed by atoms with van der Waals surface area (Å²) in [5, 5.41) is 7.28. The van der Waals surface area contributed by atoms with E-state index in [4.69, 9.17) is 4.74 Å². The topological polar surface area (TPSA) is 78.5 Å². The zero-order chi connectivity index (χ0) is 20.4. The van der Waals surface area contributed by atoms with Crippen molar-refractivity contribution < 1.29 is 14.3 Å². The summed E-state index contributed by atoms with van der Waals surface area (Å²) in [5.41, 5.74) is 1.62. The van der Waals surface area contributed by atoms with Crippen LogP contribution in [-0.4, -0.2) is 70.2 Å². The maximum Gasteiger partial charge on any atom is 0.257 e. The smallest absolute Gasteiger partial charge is 0.257 e. The molecule has 2 amide bonds. The Morgan fingerprint density at radius 2 is 1.72 bits per heavy atom. The molecule has 3 fully saturated rings. The largest absolute Gasteiger partial charge is 0.372 e. The van der Waals surface area contributed by atoms with Crippen molar-refractivity contribution in [1.82, 2.24) is 20.0 Å². The van der Waals surface area contributed by atoms with Crippen LogP contribution < -0.4 is 0 Å². The molecule has 1 aromatic heterocycles. The molecule has 0 spiro atoms. The van der Waals surface area contributed by atoms with Crippen LogP contribution >= 0.6 is 0 Å². The Bertz CT molecular complexity index is 709. The van der Waals surface area contributed by atoms with Crippen molar-refractivity contribution in [3.63, 3.8) is 0 Å². The molecule has 7 nitrogen and oxygen atoms in total. The van der Waals surface area contributed by atoms with Gasteiger partial charge in [0.2, 0.25) is 5.91 Å². The van der Waals surface area contributed by atoms with Gasteiger partial charge in [0, 0.05) is 38.5 Å². The van der Waals surface area contributed by atoms with Crippen molar-refractivity contribution in [3.8, 4) is 0 Å². The number of carbonyl (C=O) groups is 2. The van der Waals surface area contributed by atoms with E-state index in [2.05, 4.69) is 10.2 Å². The molecule has 1 aliphatic carbocycles. The summed E-state index contributed by atoms with van der Waals surface area (Å²) in [7, 11) is 0. The van der Waals surface area contributed by atoms with Gasteiger partial charge in [0.05, 0.1) is 29.7 Å². The van der Waals surface area contributed by atoms with E-state index in [0.29, 0.717) is 36.9 Å². The van der Waals surface area contributed by atoms with Crippen molar-refractivity contribution in [2.45, 2.75) is 76.9 Å². The lowest BCUT2D eigenvalue weighted by atomic mass is 9.90. The van der Waals surface area contributed by atoms with Gasteiger partial charge in [-0.3, -0.25) is 14.7 Å². The zero-order valence-corrected chi connectivity index (χ0v) is 17.7. The Balaban J connectivity index is 1.35. The van der Waals surface area contributed by atoms with Crippen LogP contribution in [0, 0.1) is 5.92 Å². The minimum absolute atomic E-state index is 0.0375. The monoisotopic (exact) mass is 402 g/mol. The molecule has 160 valence electrons. The number of morpholine rings is 1. The van der Waals surface area contributed by atoms with E-state index in [1.807, 2.05) is 23.6 Å². The molecule has 7 heteroatoms. The average molecular weight is 403 g/mol. The van der Waals surface area contributed by atoms with Gasteiger partial charge in [-0.15, -0.1) is 0 Å². The van der Waals surface area contributed by atoms with Gasteiger partial charge in [0.15, 0.2) is 0 Å². The molecule has 29 heavy (non-hydrogen) atoms. The molecular weight excluding hydrogens is 368 g/mol. The highest BCUT2D eigenvalue weighted by atomic mass is 16.5. The number of likely N-dealkylation sites (tertiary alicyclic amines) is 1. The zero-order valence-electron chi connectivity index (χ0n) is 17.7. The van der Waals surface area contributed by atoms with Crippen LogP contribution in [0.15, 0.2) is 6.20 Å². The number of amides is 2. The maximum absolute atomic E-state index is 13.1. The van der Waals surface area contributed by atoms with E-state index in [-0.39, 0.29) is 24.0 Å². The van der Waals surface area contributed by atoms with Gasteiger partial charge >= 0.3 is 0 Å². The summed E-state index contributed by atoms with van der Waals surface area (Å²) >= 11 is 0. The van der Waals surface area contributed by atoms with Gasteiger partial charge in [0.1, 0.15) is 0 Å². The van der Waals surface area contributed by atoms with Crippen molar-refractivity contribution in [1.29, 1.82) is 0 Å². The Hall–Kier alpha value is -1.89. The van der Waals surface area contributed by atoms with Crippen LogP contribution in [-0.2, 0) is 9.53 Å². The predicted molar refractivity (Wildman–Crippen MR) is 110 cm³/mol. The summed E-state index contributed by atoms with van der Waals surface area (Å²) in [6.45, 7) is 6.78. The summed E-state index contributed by atoms with van der Waals surface area (Å²) in [6, 6.07) is 0. The van der Waals surface area contributed by atoms with E-state index in [9.17, 15) is 9.59 Å². The van der Waals surface area contributed by atoms with Crippen LogP contribution in [0.1, 0.15) is 80.8 Å². The number of carbonyl (C=O) groups excluding carboxylic acids is 2.